The fraction of sp³-hybridized carbons (Fsp3) is 0.417. The molecule has 0 aliphatic rings. The van der Waals surface area contributed by atoms with Crippen LogP contribution >= 0.6 is 0 Å². The number of rotatable bonds is 5. The Kier molecular flexibility index (Phi) is 4.31. The van der Waals surface area contributed by atoms with E-state index in [-0.39, 0.29) is 5.82 Å². The lowest BCUT2D eigenvalue weighted by Crippen LogP contribution is -2.45. The Morgan fingerprint density at radius 1 is 1.25 bits per heavy atom. The van der Waals surface area contributed by atoms with Crippen LogP contribution in [0.5, 0.6) is 0 Å². The van der Waals surface area contributed by atoms with Gasteiger partial charge in [-0.3, -0.25) is 0 Å². The summed E-state index contributed by atoms with van der Waals surface area (Å²) in [7, 11) is 0. The van der Waals surface area contributed by atoms with E-state index in [1.165, 1.54) is 18.2 Å². The first kappa shape index (κ1) is 14.8. The number of nitrogens with two attached hydrogens (primary N) is 1. The Bertz CT molecular complexity index is 591. The number of imidazole rings is 1. The molecular formula is C12H16FN3O4. The number of halogens is 1. The highest BCUT2D eigenvalue weighted by atomic mass is 19.1. The van der Waals surface area contributed by atoms with Gasteiger partial charge < -0.3 is 31.1 Å². The lowest BCUT2D eigenvalue weighted by atomic mass is 10.0. The predicted octanol–water partition coefficient (Wildman–Crippen LogP) is -1.22. The van der Waals surface area contributed by atoms with Crippen molar-refractivity contribution >= 4 is 11.0 Å². The highest BCUT2D eigenvalue weighted by Crippen LogP contribution is 2.20. The van der Waals surface area contributed by atoms with Gasteiger partial charge in [0.2, 0.25) is 0 Å². The Morgan fingerprint density at radius 2 is 1.95 bits per heavy atom. The molecular weight excluding hydrogens is 269 g/mol. The maximum atomic E-state index is 13.1. The summed E-state index contributed by atoms with van der Waals surface area (Å²) in [6.07, 6.45) is -4.68. The average molecular weight is 285 g/mol. The number of benzene rings is 1. The van der Waals surface area contributed by atoms with Crippen LogP contribution < -0.4 is 5.73 Å². The van der Waals surface area contributed by atoms with Crippen LogP contribution in [-0.4, -0.2) is 55.3 Å². The molecule has 7 nitrogen and oxygen atoms in total. The molecule has 2 aromatic rings. The molecule has 8 heteroatoms. The molecule has 0 radical (unpaired) electrons. The first-order chi connectivity index (χ1) is 9.43. The van der Waals surface area contributed by atoms with E-state index in [2.05, 4.69) is 9.97 Å². The minimum absolute atomic E-state index is 0.141. The summed E-state index contributed by atoms with van der Waals surface area (Å²) < 4.78 is 13.1. The number of nitrogens with one attached hydrogen (secondary N) is 1. The van der Waals surface area contributed by atoms with Gasteiger partial charge in [0, 0.05) is 0 Å². The van der Waals surface area contributed by atoms with Crippen molar-refractivity contribution < 1.29 is 24.8 Å². The van der Waals surface area contributed by atoms with Crippen LogP contribution in [0.1, 0.15) is 11.9 Å². The third kappa shape index (κ3) is 2.79. The molecule has 110 valence electrons. The zero-order valence-corrected chi connectivity index (χ0v) is 10.4. The molecule has 0 aliphatic heterocycles. The van der Waals surface area contributed by atoms with Crippen LogP contribution in [0.15, 0.2) is 18.2 Å². The standard InChI is InChI=1S/C12H16FN3O4/c13-5-1-2-6-7(3-5)16-12(15-6)9(14)11(20)10(19)8(18)4-17/h1-3,8-11,17-20H,4,14H2,(H,15,16)/t8?,9?,10-,11+/m0/s1. The number of hydrogen-bond acceptors (Lipinski definition) is 6. The second-order valence-electron chi connectivity index (χ2n) is 4.54. The normalized spacial score (nSPS) is 17.9. The van der Waals surface area contributed by atoms with Gasteiger partial charge in [0.05, 0.1) is 23.7 Å². The summed E-state index contributed by atoms with van der Waals surface area (Å²) in [5, 5.41) is 37.4. The molecule has 1 heterocycles. The number of hydrogen-bond donors (Lipinski definition) is 6. The van der Waals surface area contributed by atoms with E-state index in [0.717, 1.165) is 0 Å². The third-order valence-electron chi connectivity index (χ3n) is 3.08. The van der Waals surface area contributed by atoms with E-state index >= 15 is 0 Å². The molecule has 0 amide bonds. The molecule has 0 aliphatic carbocycles. The fourth-order valence-electron chi connectivity index (χ4n) is 1.87. The Labute approximate surface area is 113 Å². The fourth-order valence-corrected chi connectivity index (χ4v) is 1.87. The summed E-state index contributed by atoms with van der Waals surface area (Å²) in [5.41, 5.74) is 6.61. The molecule has 4 atom stereocenters. The third-order valence-corrected chi connectivity index (χ3v) is 3.08. The van der Waals surface area contributed by atoms with Crippen molar-refractivity contribution in [2.75, 3.05) is 6.61 Å². The van der Waals surface area contributed by atoms with E-state index in [0.29, 0.717) is 11.0 Å². The van der Waals surface area contributed by atoms with Crippen LogP contribution in [0.4, 0.5) is 4.39 Å². The molecule has 7 N–H and O–H groups in total. The number of aliphatic hydroxyl groups is 4. The molecule has 20 heavy (non-hydrogen) atoms. The predicted molar refractivity (Wildman–Crippen MR) is 68.1 cm³/mol. The van der Waals surface area contributed by atoms with E-state index in [1.807, 2.05) is 0 Å². The molecule has 2 rings (SSSR count). The van der Waals surface area contributed by atoms with Crippen molar-refractivity contribution in [3.63, 3.8) is 0 Å². The maximum absolute atomic E-state index is 13.1. The minimum atomic E-state index is -1.63. The molecule has 0 bridgehead atoms. The smallest absolute Gasteiger partial charge is 0.127 e. The van der Waals surface area contributed by atoms with Gasteiger partial charge in [-0.1, -0.05) is 0 Å². The van der Waals surface area contributed by atoms with Crippen LogP contribution in [0.25, 0.3) is 11.0 Å². The van der Waals surface area contributed by atoms with Gasteiger partial charge in [-0.25, -0.2) is 9.37 Å². The largest absolute Gasteiger partial charge is 0.394 e. The van der Waals surface area contributed by atoms with Gasteiger partial charge in [0.1, 0.15) is 30.0 Å². The second-order valence-corrected chi connectivity index (χ2v) is 4.54. The lowest BCUT2D eigenvalue weighted by molar-refractivity contribution is -0.0844. The summed E-state index contributed by atoms with van der Waals surface area (Å²) in [6, 6.07) is 2.79. The van der Waals surface area contributed by atoms with Gasteiger partial charge in [0.25, 0.3) is 0 Å². The maximum Gasteiger partial charge on any atom is 0.127 e. The molecule has 0 spiro atoms. The van der Waals surface area contributed by atoms with E-state index in [1.54, 1.807) is 0 Å². The van der Waals surface area contributed by atoms with Crippen molar-refractivity contribution in [2.24, 2.45) is 5.73 Å². The van der Waals surface area contributed by atoms with Crippen LogP contribution in [0.3, 0.4) is 0 Å². The number of nitrogens with zero attached hydrogens (tertiary/aromatic N) is 1. The highest BCUT2D eigenvalue weighted by Gasteiger charge is 2.31. The van der Waals surface area contributed by atoms with Gasteiger partial charge in [-0.2, -0.15) is 0 Å². The summed E-state index contributed by atoms with van der Waals surface area (Å²) in [6.45, 7) is -0.712. The molecule has 1 aromatic carbocycles. The SMILES string of the molecule is NC(c1nc2ccc(F)cc2[nH]1)[C@@H](O)[C@@H](O)C(O)CO. The number of aliphatic hydroxyl groups excluding tert-OH is 4. The van der Waals surface area contributed by atoms with E-state index in [4.69, 9.17) is 10.8 Å². The van der Waals surface area contributed by atoms with E-state index < -0.39 is 36.8 Å². The number of aromatic nitrogens is 2. The first-order valence-electron chi connectivity index (χ1n) is 6.00. The average Bonchev–Trinajstić information content (AvgIpc) is 2.86. The van der Waals surface area contributed by atoms with Crippen molar-refractivity contribution in [3.05, 3.63) is 29.8 Å². The van der Waals surface area contributed by atoms with E-state index in [9.17, 15) is 19.7 Å². The molecule has 0 fully saturated rings. The lowest BCUT2D eigenvalue weighted by Gasteiger charge is -2.25. The van der Waals surface area contributed by atoms with Crippen LogP contribution in [0.2, 0.25) is 0 Å². The van der Waals surface area contributed by atoms with Crippen molar-refractivity contribution in [1.29, 1.82) is 0 Å². The zero-order chi connectivity index (χ0) is 14.9. The van der Waals surface area contributed by atoms with Crippen molar-refractivity contribution in [1.82, 2.24) is 9.97 Å². The zero-order valence-electron chi connectivity index (χ0n) is 10.4. The van der Waals surface area contributed by atoms with Gasteiger partial charge in [-0.15, -0.1) is 0 Å². The quantitative estimate of drug-likeness (QED) is 0.407. The van der Waals surface area contributed by atoms with Gasteiger partial charge in [0.15, 0.2) is 0 Å². The molecule has 2 unspecified atom stereocenters. The summed E-state index contributed by atoms with van der Waals surface area (Å²) in [4.78, 5) is 6.82. The van der Waals surface area contributed by atoms with Gasteiger partial charge >= 0.3 is 0 Å². The summed E-state index contributed by atoms with van der Waals surface area (Å²) >= 11 is 0. The number of H-pyrrole nitrogens is 1. The molecule has 0 saturated carbocycles. The Hall–Kier alpha value is -1.58. The summed E-state index contributed by atoms with van der Waals surface area (Å²) in [5.74, 6) is -0.306. The van der Waals surface area contributed by atoms with Crippen LogP contribution in [-0.2, 0) is 0 Å². The first-order valence-corrected chi connectivity index (χ1v) is 6.00. The number of aromatic amines is 1. The molecule has 1 aromatic heterocycles. The Balaban J connectivity index is 2.24. The Morgan fingerprint density at radius 3 is 2.60 bits per heavy atom. The van der Waals surface area contributed by atoms with Crippen molar-refractivity contribution in [2.45, 2.75) is 24.4 Å². The highest BCUT2D eigenvalue weighted by molar-refractivity contribution is 5.75. The monoisotopic (exact) mass is 285 g/mol. The minimum Gasteiger partial charge on any atom is -0.394 e. The number of fused-ring (bicyclic) bond motifs is 1. The topological polar surface area (TPSA) is 136 Å². The van der Waals surface area contributed by atoms with Crippen LogP contribution in [0, 0.1) is 5.82 Å². The van der Waals surface area contributed by atoms with Gasteiger partial charge in [-0.05, 0) is 18.2 Å². The molecule has 0 saturated heterocycles. The second kappa shape index (κ2) is 5.81. The van der Waals surface area contributed by atoms with Crippen molar-refractivity contribution in [3.8, 4) is 0 Å².